The van der Waals surface area contributed by atoms with Crippen LogP contribution in [-0.2, 0) is 26.0 Å². The monoisotopic (exact) mass is 348 g/mol. The Morgan fingerprint density at radius 3 is 2.43 bits per heavy atom. The first kappa shape index (κ1) is 15.8. The quantitative estimate of drug-likeness (QED) is 0.681. The summed E-state index contributed by atoms with van der Waals surface area (Å²) in [6.07, 6.45) is 0. The molecule has 2 aromatic carbocycles. The Labute approximate surface area is 140 Å². The number of carbonyl (C=O) groups excluding carboxylic acids is 1. The number of benzene rings is 2. The van der Waals surface area contributed by atoms with Gasteiger partial charge in [0.2, 0.25) is 0 Å². The van der Waals surface area contributed by atoms with Crippen LogP contribution in [-0.4, -0.2) is 21.0 Å². The molecule has 0 aromatic heterocycles. The maximum Gasteiger partial charge on any atom is 0.339 e. The highest BCUT2D eigenvalue weighted by Gasteiger charge is 2.27. The van der Waals surface area contributed by atoms with Crippen LogP contribution in [0.15, 0.2) is 48.5 Å². The van der Waals surface area contributed by atoms with Crippen molar-refractivity contribution in [1.82, 2.24) is 0 Å². The minimum atomic E-state index is -2.46. The van der Waals surface area contributed by atoms with Gasteiger partial charge < -0.3 is 4.74 Å². The lowest BCUT2D eigenvalue weighted by atomic mass is 9.96. The molecule has 1 aliphatic rings. The van der Waals surface area contributed by atoms with Gasteiger partial charge in [-0.05, 0) is 28.8 Å². The molecule has 118 valence electrons. The van der Waals surface area contributed by atoms with E-state index in [4.69, 9.17) is 16.3 Å². The van der Waals surface area contributed by atoms with E-state index in [1.165, 1.54) is 0 Å². The van der Waals surface area contributed by atoms with Crippen LogP contribution in [0.2, 0.25) is 5.02 Å². The zero-order chi connectivity index (χ0) is 16.4. The molecule has 2 aromatic rings. The molecule has 0 atom stereocenters. The van der Waals surface area contributed by atoms with Crippen LogP contribution in [0.3, 0.4) is 0 Å². The summed E-state index contributed by atoms with van der Waals surface area (Å²) in [5, 5.41) is 0.545. The second-order valence-corrected chi connectivity index (χ2v) is 6.55. The molecule has 0 saturated carbocycles. The molecule has 0 radical (unpaired) electrons. The normalized spacial score (nSPS) is 14.4. The highest BCUT2D eigenvalue weighted by atomic mass is 35.5. The van der Waals surface area contributed by atoms with Gasteiger partial charge in [-0.15, -0.1) is 0 Å². The fraction of sp³-hybridized carbons (Fsp3) is 0.118. The first-order valence-electron chi connectivity index (χ1n) is 6.92. The Bertz CT molecular complexity index is 858. The van der Waals surface area contributed by atoms with Crippen molar-refractivity contribution < 1.29 is 17.9 Å². The van der Waals surface area contributed by atoms with Gasteiger partial charge in [0, 0.05) is 10.6 Å². The molecule has 3 rings (SSSR count). The fourth-order valence-corrected chi connectivity index (χ4v) is 3.23. The average Bonchev–Trinajstić information content (AvgIpc) is 2.89. The molecule has 23 heavy (non-hydrogen) atoms. The molecule has 0 fully saturated rings. The SMILES string of the molecule is O=C1OCC(c2ccc(C[SH](=O)=O)cc2)=C1c1cccc(Cl)c1. The van der Waals surface area contributed by atoms with Gasteiger partial charge in [0.1, 0.15) is 17.3 Å². The minimum Gasteiger partial charge on any atom is -0.457 e. The van der Waals surface area contributed by atoms with E-state index in [2.05, 4.69) is 0 Å². The van der Waals surface area contributed by atoms with Crippen molar-refractivity contribution in [2.24, 2.45) is 0 Å². The summed E-state index contributed by atoms with van der Waals surface area (Å²) in [6, 6.07) is 14.1. The molecule has 0 unspecified atom stereocenters. The van der Waals surface area contributed by atoms with Crippen molar-refractivity contribution in [3.8, 4) is 0 Å². The van der Waals surface area contributed by atoms with Gasteiger partial charge in [0.15, 0.2) is 0 Å². The standard InChI is InChI=1S/C17H13ClO4S/c18-14-3-1-2-13(8-14)16-15(9-22-17(16)19)12-6-4-11(5-7-12)10-23(20)21/h1-8,23H,9-10H2. The van der Waals surface area contributed by atoms with Crippen molar-refractivity contribution in [1.29, 1.82) is 0 Å². The molecular formula is C17H13ClO4S. The minimum absolute atomic E-state index is 0.00520. The van der Waals surface area contributed by atoms with E-state index in [0.717, 1.165) is 11.1 Å². The topological polar surface area (TPSA) is 60.4 Å². The van der Waals surface area contributed by atoms with Crippen LogP contribution in [0.4, 0.5) is 0 Å². The van der Waals surface area contributed by atoms with E-state index in [0.29, 0.717) is 21.7 Å². The van der Waals surface area contributed by atoms with Crippen LogP contribution < -0.4 is 0 Å². The van der Waals surface area contributed by atoms with Gasteiger partial charge in [0.25, 0.3) is 0 Å². The highest BCUT2D eigenvalue weighted by molar-refractivity contribution is 7.71. The third-order valence-electron chi connectivity index (χ3n) is 3.58. The second kappa shape index (κ2) is 6.56. The van der Waals surface area contributed by atoms with Crippen LogP contribution in [0.25, 0.3) is 11.1 Å². The maximum atomic E-state index is 12.1. The number of esters is 1. The van der Waals surface area contributed by atoms with Gasteiger partial charge in [-0.3, -0.25) is 0 Å². The number of cyclic esters (lactones) is 1. The predicted octanol–water partition coefficient (Wildman–Crippen LogP) is 2.92. The first-order valence-corrected chi connectivity index (χ1v) is 8.66. The van der Waals surface area contributed by atoms with E-state index >= 15 is 0 Å². The highest BCUT2D eigenvalue weighted by Crippen LogP contribution is 2.33. The first-order chi connectivity index (χ1) is 11.0. The van der Waals surface area contributed by atoms with Gasteiger partial charge >= 0.3 is 5.97 Å². The summed E-state index contributed by atoms with van der Waals surface area (Å²) in [5.74, 6) is -0.375. The Morgan fingerprint density at radius 1 is 1.04 bits per heavy atom. The molecule has 0 spiro atoms. The number of ether oxygens (including phenoxy) is 1. The van der Waals surface area contributed by atoms with Crippen molar-refractivity contribution >= 4 is 39.4 Å². The second-order valence-electron chi connectivity index (χ2n) is 5.13. The van der Waals surface area contributed by atoms with Crippen molar-refractivity contribution in [3.05, 3.63) is 70.2 Å². The Balaban J connectivity index is 2.03. The molecule has 0 amide bonds. The van der Waals surface area contributed by atoms with Crippen molar-refractivity contribution in [2.45, 2.75) is 5.75 Å². The number of thiol groups is 1. The molecule has 0 saturated heterocycles. The average molecular weight is 349 g/mol. The smallest absolute Gasteiger partial charge is 0.339 e. The number of hydrogen-bond donors (Lipinski definition) is 1. The van der Waals surface area contributed by atoms with Crippen LogP contribution in [0, 0.1) is 0 Å². The number of hydrogen-bond acceptors (Lipinski definition) is 4. The van der Waals surface area contributed by atoms with E-state index in [9.17, 15) is 13.2 Å². The lowest BCUT2D eigenvalue weighted by molar-refractivity contribution is -0.133. The van der Waals surface area contributed by atoms with Crippen LogP contribution in [0.5, 0.6) is 0 Å². The summed E-state index contributed by atoms with van der Waals surface area (Å²) < 4.78 is 26.7. The number of carbonyl (C=O) groups is 1. The Kier molecular flexibility index (Phi) is 4.50. The third kappa shape index (κ3) is 3.46. The van der Waals surface area contributed by atoms with Crippen molar-refractivity contribution in [3.63, 3.8) is 0 Å². The van der Waals surface area contributed by atoms with Gasteiger partial charge in [-0.2, -0.15) is 0 Å². The molecule has 1 heterocycles. The number of halogens is 1. The third-order valence-corrected chi connectivity index (χ3v) is 4.44. The molecule has 0 bridgehead atoms. The predicted molar refractivity (Wildman–Crippen MR) is 89.7 cm³/mol. The maximum absolute atomic E-state index is 12.1. The van der Waals surface area contributed by atoms with Crippen molar-refractivity contribution in [2.75, 3.05) is 6.61 Å². The van der Waals surface area contributed by atoms with Gasteiger partial charge in [-0.25, -0.2) is 13.2 Å². The lowest BCUT2D eigenvalue weighted by Gasteiger charge is -2.06. The molecule has 6 heteroatoms. The summed E-state index contributed by atoms with van der Waals surface area (Å²) in [6.45, 7) is 0.190. The summed E-state index contributed by atoms with van der Waals surface area (Å²) >= 11 is 6.00. The van der Waals surface area contributed by atoms with E-state index in [1.807, 2.05) is 6.07 Å². The van der Waals surface area contributed by atoms with Gasteiger partial charge in [0.05, 0.1) is 11.3 Å². The van der Waals surface area contributed by atoms with E-state index in [-0.39, 0.29) is 18.3 Å². The lowest BCUT2D eigenvalue weighted by Crippen LogP contribution is -1.98. The van der Waals surface area contributed by atoms with Crippen LogP contribution >= 0.6 is 11.6 Å². The zero-order valence-electron chi connectivity index (χ0n) is 12.0. The van der Waals surface area contributed by atoms with E-state index in [1.54, 1.807) is 42.5 Å². The Hall–Kier alpha value is -2.11. The molecule has 0 N–H and O–H groups in total. The molecular weight excluding hydrogens is 336 g/mol. The molecule has 1 aliphatic heterocycles. The molecule has 4 nitrogen and oxygen atoms in total. The zero-order valence-corrected chi connectivity index (χ0v) is 13.6. The summed E-state index contributed by atoms with van der Waals surface area (Å²) in [5.41, 5.74) is 3.52. The molecule has 0 aliphatic carbocycles. The Morgan fingerprint density at radius 2 is 1.78 bits per heavy atom. The largest absolute Gasteiger partial charge is 0.457 e. The van der Waals surface area contributed by atoms with E-state index < -0.39 is 10.7 Å². The summed E-state index contributed by atoms with van der Waals surface area (Å²) in [7, 11) is -2.46. The fourth-order valence-electron chi connectivity index (χ4n) is 2.53. The summed E-state index contributed by atoms with van der Waals surface area (Å²) in [4.78, 5) is 12.1. The van der Waals surface area contributed by atoms with Gasteiger partial charge in [-0.1, -0.05) is 48.0 Å². The van der Waals surface area contributed by atoms with Crippen LogP contribution in [0.1, 0.15) is 16.7 Å². The number of rotatable bonds is 4.